The summed E-state index contributed by atoms with van der Waals surface area (Å²) in [6, 6.07) is 3.19. The number of rotatable bonds is 2. The Labute approximate surface area is 121 Å². The van der Waals surface area contributed by atoms with Crippen LogP contribution in [-0.2, 0) is 11.4 Å². The minimum atomic E-state index is 0.332. The molecule has 9 heteroatoms. The van der Waals surface area contributed by atoms with E-state index in [1.165, 1.54) is 0 Å². The van der Waals surface area contributed by atoms with Crippen molar-refractivity contribution < 1.29 is 0 Å². The second-order valence-electron chi connectivity index (χ2n) is 3.61. The van der Waals surface area contributed by atoms with Gasteiger partial charge in [0.1, 0.15) is 17.2 Å². The highest BCUT2D eigenvalue weighted by Crippen LogP contribution is 2.48. The first kappa shape index (κ1) is 12.3. The predicted molar refractivity (Wildman–Crippen MR) is 77.7 cm³/mol. The Hall–Kier alpha value is -1.70. The summed E-state index contributed by atoms with van der Waals surface area (Å²) in [7, 11) is 0. The third-order valence-corrected chi connectivity index (χ3v) is 3.47. The van der Waals surface area contributed by atoms with E-state index in [4.69, 9.17) is 28.9 Å². The van der Waals surface area contributed by atoms with Crippen LogP contribution in [0.3, 0.4) is 0 Å². The van der Waals surface area contributed by atoms with Gasteiger partial charge in [-0.3, -0.25) is 0 Å². The molecule has 3 N–H and O–H groups in total. The van der Waals surface area contributed by atoms with Crippen molar-refractivity contribution >= 4 is 63.4 Å². The van der Waals surface area contributed by atoms with Crippen LogP contribution in [-0.4, -0.2) is 9.97 Å². The van der Waals surface area contributed by atoms with Gasteiger partial charge in [-0.15, -0.1) is 0 Å². The lowest BCUT2D eigenvalue weighted by molar-refractivity contribution is 1.17. The molecule has 0 fully saturated rings. The Morgan fingerprint density at radius 2 is 1.95 bits per heavy atom. The smallest absolute Gasteiger partial charge is 0.229 e. The molecule has 0 bridgehead atoms. The minimum Gasteiger partial charge on any atom is -0.384 e. The molecule has 0 radical (unpaired) electrons. The Morgan fingerprint density at radius 3 is 2.74 bits per heavy atom. The quantitative estimate of drug-likeness (QED) is 0.752. The Balaban J connectivity index is 2.07. The first-order valence-electron chi connectivity index (χ1n) is 5.11. The van der Waals surface area contributed by atoms with Crippen molar-refractivity contribution in [2.24, 2.45) is 8.73 Å². The molecule has 1 aliphatic heterocycles. The first-order chi connectivity index (χ1) is 9.15. The van der Waals surface area contributed by atoms with Crippen LogP contribution < -0.4 is 11.1 Å². The SMILES string of the molecule is Nc1ccnc(Nc2c(Cl)cc(Cl)c3c2N=S=N3)n1. The number of fused-ring (bicyclic) bond motifs is 1. The normalized spacial score (nSPS) is 12.1. The second-order valence-corrected chi connectivity index (χ2v) is 4.95. The fourth-order valence-corrected chi connectivity index (χ4v) is 2.70. The maximum Gasteiger partial charge on any atom is 0.229 e. The molecule has 0 spiro atoms. The maximum absolute atomic E-state index is 6.16. The molecule has 6 nitrogen and oxygen atoms in total. The zero-order valence-electron chi connectivity index (χ0n) is 9.26. The van der Waals surface area contributed by atoms with E-state index in [-0.39, 0.29) is 0 Å². The number of nitrogens with one attached hydrogen (secondary N) is 1. The summed E-state index contributed by atoms with van der Waals surface area (Å²) < 4.78 is 8.28. The molecule has 0 amide bonds. The number of aromatic nitrogens is 2. The largest absolute Gasteiger partial charge is 0.384 e. The van der Waals surface area contributed by atoms with E-state index in [0.717, 1.165) is 11.4 Å². The first-order valence-corrected chi connectivity index (χ1v) is 6.59. The van der Waals surface area contributed by atoms with Crippen LogP contribution >= 0.6 is 23.2 Å². The molecule has 3 rings (SSSR count). The van der Waals surface area contributed by atoms with Gasteiger partial charge in [0.15, 0.2) is 0 Å². The van der Waals surface area contributed by atoms with E-state index in [2.05, 4.69) is 24.0 Å². The Kier molecular flexibility index (Phi) is 3.09. The summed E-state index contributed by atoms with van der Waals surface area (Å²) in [4.78, 5) is 8.09. The van der Waals surface area contributed by atoms with Crippen molar-refractivity contribution in [2.75, 3.05) is 11.1 Å². The number of hydrogen-bond acceptors (Lipinski definition) is 6. The molecule has 0 saturated heterocycles. The number of benzene rings is 1. The van der Waals surface area contributed by atoms with Crippen molar-refractivity contribution in [1.82, 2.24) is 9.97 Å². The zero-order valence-corrected chi connectivity index (χ0v) is 11.6. The highest BCUT2D eigenvalue weighted by molar-refractivity contribution is 7.58. The van der Waals surface area contributed by atoms with Crippen LogP contribution in [0.2, 0.25) is 10.0 Å². The van der Waals surface area contributed by atoms with Gasteiger partial charge in [-0.05, 0) is 12.1 Å². The van der Waals surface area contributed by atoms with Crippen molar-refractivity contribution in [3.05, 3.63) is 28.4 Å². The molecule has 19 heavy (non-hydrogen) atoms. The standard InChI is InChI=1S/C10H6Cl2N6S/c11-4-3-5(12)8-9(18-19-17-8)7(4)16-10-14-2-1-6(13)15-10/h1-3H,(H3,13,14,15,16). The average Bonchev–Trinajstić information content (AvgIpc) is 2.84. The average molecular weight is 313 g/mol. The highest BCUT2D eigenvalue weighted by Gasteiger charge is 2.19. The van der Waals surface area contributed by atoms with Crippen molar-refractivity contribution in [3.63, 3.8) is 0 Å². The van der Waals surface area contributed by atoms with Crippen molar-refractivity contribution in [2.45, 2.75) is 0 Å². The fourth-order valence-electron chi connectivity index (χ4n) is 1.54. The van der Waals surface area contributed by atoms with Gasteiger partial charge in [-0.2, -0.15) is 13.7 Å². The topological polar surface area (TPSA) is 88.5 Å². The van der Waals surface area contributed by atoms with Crippen LogP contribution in [0.5, 0.6) is 0 Å². The molecule has 0 aliphatic carbocycles. The lowest BCUT2D eigenvalue weighted by Crippen LogP contribution is -2.00. The third-order valence-electron chi connectivity index (χ3n) is 2.36. The molecular weight excluding hydrogens is 307 g/mol. The molecule has 2 aromatic rings. The molecule has 1 aromatic heterocycles. The summed E-state index contributed by atoms with van der Waals surface area (Å²) in [5.41, 5.74) is 7.31. The summed E-state index contributed by atoms with van der Waals surface area (Å²) in [6.45, 7) is 0. The summed E-state index contributed by atoms with van der Waals surface area (Å²) >= 11 is 13.3. The van der Waals surface area contributed by atoms with Crippen LogP contribution in [0.25, 0.3) is 0 Å². The molecule has 1 aromatic carbocycles. The van der Waals surface area contributed by atoms with Crippen molar-refractivity contribution in [3.8, 4) is 0 Å². The van der Waals surface area contributed by atoms with E-state index in [9.17, 15) is 0 Å². The number of halogens is 2. The van der Waals surface area contributed by atoms with Gasteiger partial charge in [0.25, 0.3) is 0 Å². The predicted octanol–water partition coefficient (Wildman–Crippen LogP) is 3.84. The van der Waals surface area contributed by atoms with E-state index in [1.54, 1.807) is 18.3 Å². The molecular formula is C10H6Cl2N6S. The van der Waals surface area contributed by atoms with Crippen LogP contribution in [0.4, 0.5) is 28.8 Å². The molecule has 0 unspecified atom stereocenters. The third kappa shape index (κ3) is 2.27. The van der Waals surface area contributed by atoms with Gasteiger partial charge < -0.3 is 11.1 Å². The summed E-state index contributed by atoms with van der Waals surface area (Å²) in [6.07, 6.45) is 1.55. The summed E-state index contributed by atoms with van der Waals surface area (Å²) in [5, 5.41) is 3.85. The van der Waals surface area contributed by atoms with Crippen LogP contribution in [0.1, 0.15) is 0 Å². The van der Waals surface area contributed by atoms with Crippen LogP contribution in [0, 0.1) is 0 Å². The van der Waals surface area contributed by atoms with Gasteiger partial charge in [0.2, 0.25) is 5.95 Å². The lowest BCUT2D eigenvalue weighted by Gasteiger charge is -2.10. The van der Waals surface area contributed by atoms with E-state index < -0.39 is 0 Å². The minimum absolute atomic E-state index is 0.332. The van der Waals surface area contributed by atoms with Gasteiger partial charge in [-0.25, -0.2) is 4.98 Å². The Morgan fingerprint density at radius 1 is 1.16 bits per heavy atom. The number of nitrogens with two attached hydrogens (primary N) is 1. The number of hydrogen-bond donors (Lipinski definition) is 2. The van der Waals surface area contributed by atoms with E-state index >= 15 is 0 Å². The van der Waals surface area contributed by atoms with Crippen molar-refractivity contribution in [1.29, 1.82) is 0 Å². The summed E-state index contributed by atoms with van der Waals surface area (Å²) in [5.74, 6) is 0.689. The molecule has 0 atom stereocenters. The van der Waals surface area contributed by atoms with Gasteiger partial charge in [-0.1, -0.05) is 23.2 Å². The second kappa shape index (κ2) is 4.76. The number of anilines is 3. The molecule has 2 heterocycles. The highest BCUT2D eigenvalue weighted by atomic mass is 35.5. The van der Waals surface area contributed by atoms with E-state index in [0.29, 0.717) is 38.9 Å². The van der Waals surface area contributed by atoms with Gasteiger partial charge in [0, 0.05) is 6.20 Å². The zero-order chi connectivity index (χ0) is 13.4. The van der Waals surface area contributed by atoms with E-state index in [1.807, 2.05) is 0 Å². The Bertz CT molecular complexity index is 741. The molecule has 0 saturated carbocycles. The fraction of sp³-hybridized carbons (Fsp3) is 0. The number of nitrogens with zero attached hydrogens (tertiary/aromatic N) is 4. The van der Waals surface area contributed by atoms with Gasteiger partial charge >= 0.3 is 0 Å². The lowest BCUT2D eigenvalue weighted by atomic mass is 10.2. The maximum atomic E-state index is 6.16. The monoisotopic (exact) mass is 312 g/mol. The molecule has 96 valence electrons. The number of nitrogen functional groups attached to an aromatic ring is 1. The molecule has 1 aliphatic rings. The van der Waals surface area contributed by atoms with Crippen LogP contribution in [0.15, 0.2) is 27.1 Å². The van der Waals surface area contributed by atoms with Gasteiger partial charge in [0.05, 0.1) is 27.1 Å².